The second-order valence-electron chi connectivity index (χ2n) is 3.49. The summed E-state index contributed by atoms with van der Waals surface area (Å²) in [7, 11) is 0. The quantitative estimate of drug-likeness (QED) is 0.476. The van der Waals surface area contributed by atoms with Gasteiger partial charge in [-0.15, -0.1) is 0 Å². The van der Waals surface area contributed by atoms with Crippen LogP contribution in [0.2, 0.25) is 0 Å². The average Bonchev–Trinajstić information content (AvgIpc) is 2.37. The molecule has 1 N–H and O–H groups in total. The number of hydrogen-bond acceptors (Lipinski definition) is 4. The molecule has 0 aliphatic carbocycles. The number of carbonyl (C=O) groups is 1. The van der Waals surface area contributed by atoms with Crippen molar-refractivity contribution in [2.75, 3.05) is 13.2 Å². The Bertz CT molecular complexity index is 428. The maximum Gasteiger partial charge on any atom is 0.407 e. The van der Waals surface area contributed by atoms with Crippen LogP contribution < -0.4 is 5.32 Å². The number of rotatable bonds is 6. The third kappa shape index (κ3) is 4.65. The molecular formula is C12H14N2O4. The molecule has 0 fully saturated rings. The smallest absolute Gasteiger partial charge is 0.407 e. The van der Waals surface area contributed by atoms with Gasteiger partial charge in [-0.25, -0.2) is 4.79 Å². The summed E-state index contributed by atoms with van der Waals surface area (Å²) in [5.74, 6) is 0. The highest BCUT2D eigenvalue weighted by Crippen LogP contribution is 2.11. The molecule has 6 heteroatoms. The Kier molecular flexibility index (Phi) is 5.37. The van der Waals surface area contributed by atoms with E-state index < -0.39 is 11.0 Å². The van der Waals surface area contributed by atoms with Crippen molar-refractivity contribution in [1.29, 1.82) is 0 Å². The van der Waals surface area contributed by atoms with Gasteiger partial charge in [-0.2, -0.15) is 0 Å². The molecule has 0 aliphatic heterocycles. The fourth-order valence-electron chi connectivity index (χ4n) is 1.28. The number of carbonyl (C=O) groups excluding carboxylic acids is 1. The molecule has 0 aromatic heterocycles. The lowest BCUT2D eigenvalue weighted by molar-refractivity contribution is -0.384. The zero-order valence-corrected chi connectivity index (χ0v) is 9.80. The molecule has 0 radical (unpaired) electrons. The Morgan fingerprint density at radius 1 is 1.44 bits per heavy atom. The van der Waals surface area contributed by atoms with Crippen molar-refractivity contribution in [2.24, 2.45) is 0 Å². The van der Waals surface area contributed by atoms with E-state index in [1.54, 1.807) is 12.1 Å². The number of nitro groups is 1. The summed E-state index contributed by atoms with van der Waals surface area (Å²) in [6, 6.07) is 6.19. The molecule has 1 amide bonds. The molecule has 1 aromatic carbocycles. The van der Waals surface area contributed by atoms with Crippen LogP contribution in [0.25, 0.3) is 0 Å². The Balaban J connectivity index is 2.33. The van der Waals surface area contributed by atoms with Crippen molar-refractivity contribution in [3.05, 3.63) is 52.6 Å². The zero-order chi connectivity index (χ0) is 13.4. The average molecular weight is 250 g/mol. The van der Waals surface area contributed by atoms with E-state index in [0.29, 0.717) is 13.0 Å². The van der Waals surface area contributed by atoms with E-state index in [1.165, 1.54) is 18.2 Å². The van der Waals surface area contributed by atoms with Crippen molar-refractivity contribution in [2.45, 2.75) is 6.42 Å². The molecule has 0 unspecified atom stereocenters. The van der Waals surface area contributed by atoms with Gasteiger partial charge in [0.2, 0.25) is 0 Å². The van der Waals surface area contributed by atoms with Crippen LogP contribution in [0.1, 0.15) is 5.56 Å². The molecule has 0 saturated carbocycles. The minimum Gasteiger partial charge on any atom is -0.445 e. The molecule has 1 rings (SSSR count). The predicted octanol–water partition coefficient (Wildman–Crippen LogP) is 2.05. The van der Waals surface area contributed by atoms with Crippen molar-refractivity contribution >= 4 is 11.8 Å². The fraction of sp³-hybridized carbons (Fsp3) is 0.250. The number of non-ortho nitro benzene ring substituents is 1. The standard InChI is InChI=1S/C12H14N2O4/c1-2-9-18-12(15)13-8-7-10-3-5-11(6-4-10)14(16)17/h2-6H,1,7-9H2,(H,13,15). The van der Waals surface area contributed by atoms with Crippen LogP contribution in [0.3, 0.4) is 0 Å². The first-order valence-corrected chi connectivity index (χ1v) is 5.38. The first kappa shape index (κ1) is 13.7. The van der Waals surface area contributed by atoms with E-state index in [4.69, 9.17) is 4.74 Å². The highest BCUT2D eigenvalue weighted by atomic mass is 16.6. The molecule has 6 nitrogen and oxygen atoms in total. The topological polar surface area (TPSA) is 81.5 Å². The number of amides is 1. The third-order valence-electron chi connectivity index (χ3n) is 2.16. The first-order valence-electron chi connectivity index (χ1n) is 5.38. The Hall–Kier alpha value is -2.37. The second kappa shape index (κ2) is 7.05. The summed E-state index contributed by atoms with van der Waals surface area (Å²) in [4.78, 5) is 21.1. The zero-order valence-electron chi connectivity index (χ0n) is 9.80. The van der Waals surface area contributed by atoms with Gasteiger partial charge < -0.3 is 10.1 Å². The lowest BCUT2D eigenvalue weighted by atomic mass is 10.1. The molecule has 1 aromatic rings. The number of nitro benzene ring substituents is 1. The molecule has 0 aliphatic rings. The van der Waals surface area contributed by atoms with E-state index >= 15 is 0 Å². The van der Waals surface area contributed by atoms with E-state index in [1.807, 2.05) is 0 Å². The predicted molar refractivity (Wildman–Crippen MR) is 66.3 cm³/mol. The SMILES string of the molecule is C=CCOC(=O)NCCc1ccc([N+](=O)[O-])cc1. The fourth-order valence-corrected chi connectivity index (χ4v) is 1.28. The van der Waals surface area contributed by atoms with E-state index in [9.17, 15) is 14.9 Å². The number of nitrogens with one attached hydrogen (secondary N) is 1. The van der Waals surface area contributed by atoms with Crippen LogP contribution >= 0.6 is 0 Å². The summed E-state index contributed by atoms with van der Waals surface area (Å²) in [6.45, 7) is 4.00. The van der Waals surface area contributed by atoms with Crippen LogP contribution in [0.5, 0.6) is 0 Å². The lowest BCUT2D eigenvalue weighted by Gasteiger charge is -2.05. The number of alkyl carbamates (subject to hydrolysis) is 1. The monoisotopic (exact) mass is 250 g/mol. The molecule has 0 spiro atoms. The third-order valence-corrected chi connectivity index (χ3v) is 2.16. The minimum atomic E-state index is -0.503. The lowest BCUT2D eigenvalue weighted by Crippen LogP contribution is -2.26. The van der Waals surface area contributed by atoms with E-state index in [0.717, 1.165) is 5.56 Å². The van der Waals surface area contributed by atoms with Gasteiger partial charge >= 0.3 is 6.09 Å². The Morgan fingerprint density at radius 2 is 2.11 bits per heavy atom. The van der Waals surface area contributed by atoms with Crippen LogP contribution in [-0.2, 0) is 11.2 Å². The normalized spacial score (nSPS) is 9.56. The molecule has 0 heterocycles. The number of nitrogens with zero attached hydrogens (tertiary/aromatic N) is 1. The highest BCUT2D eigenvalue weighted by Gasteiger charge is 2.04. The highest BCUT2D eigenvalue weighted by molar-refractivity contribution is 5.67. The summed E-state index contributed by atoms with van der Waals surface area (Å²) in [5.41, 5.74) is 0.960. The minimum absolute atomic E-state index is 0.0529. The van der Waals surface area contributed by atoms with E-state index in [2.05, 4.69) is 11.9 Å². The van der Waals surface area contributed by atoms with Gasteiger partial charge in [0.05, 0.1) is 4.92 Å². The van der Waals surface area contributed by atoms with Gasteiger partial charge in [0.1, 0.15) is 6.61 Å². The molecule has 96 valence electrons. The molecule has 18 heavy (non-hydrogen) atoms. The van der Waals surface area contributed by atoms with Gasteiger partial charge in [-0.1, -0.05) is 24.8 Å². The first-order chi connectivity index (χ1) is 8.63. The summed E-state index contributed by atoms with van der Waals surface area (Å²) in [5, 5.41) is 13.0. The second-order valence-corrected chi connectivity index (χ2v) is 3.49. The molecule has 0 bridgehead atoms. The van der Waals surface area contributed by atoms with Crippen molar-refractivity contribution < 1.29 is 14.5 Å². The van der Waals surface area contributed by atoms with E-state index in [-0.39, 0.29) is 12.3 Å². The van der Waals surface area contributed by atoms with Crippen molar-refractivity contribution in [1.82, 2.24) is 5.32 Å². The number of hydrogen-bond donors (Lipinski definition) is 1. The summed E-state index contributed by atoms with van der Waals surface area (Å²) in [6.07, 6.45) is 1.56. The van der Waals surface area contributed by atoms with Gasteiger partial charge in [-0.05, 0) is 12.0 Å². The van der Waals surface area contributed by atoms with Crippen LogP contribution in [0.4, 0.5) is 10.5 Å². The van der Waals surface area contributed by atoms with Gasteiger partial charge in [0, 0.05) is 18.7 Å². The van der Waals surface area contributed by atoms with Crippen molar-refractivity contribution in [3.63, 3.8) is 0 Å². The largest absolute Gasteiger partial charge is 0.445 e. The van der Waals surface area contributed by atoms with Gasteiger partial charge in [-0.3, -0.25) is 10.1 Å². The molecular weight excluding hydrogens is 236 g/mol. The summed E-state index contributed by atoms with van der Waals surface area (Å²) < 4.78 is 4.72. The van der Waals surface area contributed by atoms with Gasteiger partial charge in [0.25, 0.3) is 5.69 Å². The Labute approximate surface area is 104 Å². The Morgan fingerprint density at radius 3 is 2.67 bits per heavy atom. The number of ether oxygens (including phenoxy) is 1. The van der Waals surface area contributed by atoms with Crippen LogP contribution in [0.15, 0.2) is 36.9 Å². The number of benzene rings is 1. The van der Waals surface area contributed by atoms with Gasteiger partial charge in [0.15, 0.2) is 0 Å². The summed E-state index contributed by atoms with van der Waals surface area (Å²) >= 11 is 0. The van der Waals surface area contributed by atoms with Crippen LogP contribution in [-0.4, -0.2) is 24.2 Å². The van der Waals surface area contributed by atoms with Crippen LogP contribution in [0, 0.1) is 10.1 Å². The molecule has 0 atom stereocenters. The van der Waals surface area contributed by atoms with Crippen molar-refractivity contribution in [3.8, 4) is 0 Å². The molecule has 0 saturated heterocycles. The maximum absolute atomic E-state index is 11.1. The maximum atomic E-state index is 11.1.